The molecule has 5 heteroatoms. The number of amides is 1. The van der Waals surface area contributed by atoms with Crippen molar-refractivity contribution in [2.45, 2.75) is 32.4 Å². The SMILES string of the molecule is Cc1ccccc1OC(C)CNC(=O)CC1COCCN1. The summed E-state index contributed by atoms with van der Waals surface area (Å²) in [7, 11) is 0. The van der Waals surface area contributed by atoms with Gasteiger partial charge in [-0.25, -0.2) is 0 Å². The quantitative estimate of drug-likeness (QED) is 0.828. The van der Waals surface area contributed by atoms with Crippen LogP contribution in [0, 0.1) is 6.92 Å². The molecule has 1 heterocycles. The van der Waals surface area contributed by atoms with Crippen LogP contribution in [0.1, 0.15) is 18.9 Å². The number of carbonyl (C=O) groups is 1. The molecule has 1 aliphatic heterocycles. The Morgan fingerprint density at radius 2 is 2.33 bits per heavy atom. The second-order valence-electron chi connectivity index (χ2n) is 5.43. The van der Waals surface area contributed by atoms with Crippen molar-refractivity contribution in [1.82, 2.24) is 10.6 Å². The topological polar surface area (TPSA) is 59.6 Å². The smallest absolute Gasteiger partial charge is 0.221 e. The van der Waals surface area contributed by atoms with Crippen molar-refractivity contribution in [3.8, 4) is 5.75 Å². The Morgan fingerprint density at radius 1 is 1.52 bits per heavy atom. The van der Waals surface area contributed by atoms with Crippen LogP contribution in [0.5, 0.6) is 5.75 Å². The third kappa shape index (κ3) is 5.36. The number of carbonyl (C=O) groups excluding carboxylic acids is 1. The normalized spacial score (nSPS) is 19.8. The summed E-state index contributed by atoms with van der Waals surface area (Å²) in [5.74, 6) is 0.889. The highest BCUT2D eigenvalue weighted by molar-refractivity contribution is 5.76. The first-order valence-corrected chi connectivity index (χ1v) is 7.45. The first-order valence-electron chi connectivity index (χ1n) is 7.45. The molecular formula is C16H24N2O3. The Balaban J connectivity index is 1.69. The number of para-hydroxylation sites is 1. The Kier molecular flexibility index (Phi) is 6.02. The van der Waals surface area contributed by atoms with Crippen LogP contribution in [0.3, 0.4) is 0 Å². The summed E-state index contributed by atoms with van der Waals surface area (Å²) in [6.07, 6.45) is 0.377. The summed E-state index contributed by atoms with van der Waals surface area (Å²) in [6.45, 7) is 6.59. The van der Waals surface area contributed by atoms with Crippen LogP contribution in [0.4, 0.5) is 0 Å². The zero-order valence-electron chi connectivity index (χ0n) is 12.7. The molecule has 0 aromatic heterocycles. The lowest BCUT2D eigenvalue weighted by Gasteiger charge is -2.23. The Labute approximate surface area is 126 Å². The lowest BCUT2D eigenvalue weighted by Crippen LogP contribution is -2.45. The minimum absolute atomic E-state index is 0.0261. The van der Waals surface area contributed by atoms with E-state index in [0.717, 1.165) is 24.5 Å². The maximum Gasteiger partial charge on any atom is 0.221 e. The lowest BCUT2D eigenvalue weighted by atomic mass is 10.2. The minimum Gasteiger partial charge on any atom is -0.489 e. The molecule has 2 unspecified atom stereocenters. The highest BCUT2D eigenvalue weighted by Crippen LogP contribution is 2.17. The highest BCUT2D eigenvalue weighted by atomic mass is 16.5. The van der Waals surface area contributed by atoms with Crippen molar-refractivity contribution in [2.75, 3.05) is 26.3 Å². The second kappa shape index (κ2) is 8.00. The van der Waals surface area contributed by atoms with Crippen molar-refractivity contribution >= 4 is 5.91 Å². The Bertz CT molecular complexity index is 459. The molecule has 5 nitrogen and oxygen atoms in total. The molecule has 0 aliphatic carbocycles. The van der Waals surface area contributed by atoms with E-state index in [9.17, 15) is 4.79 Å². The van der Waals surface area contributed by atoms with Crippen molar-refractivity contribution < 1.29 is 14.3 Å². The van der Waals surface area contributed by atoms with Crippen molar-refractivity contribution in [3.63, 3.8) is 0 Å². The molecule has 1 aromatic carbocycles. The molecule has 1 aliphatic rings. The van der Waals surface area contributed by atoms with Gasteiger partial charge in [0, 0.05) is 19.0 Å². The average molecular weight is 292 g/mol. The molecule has 1 saturated heterocycles. The fourth-order valence-electron chi connectivity index (χ4n) is 2.25. The van der Waals surface area contributed by atoms with Gasteiger partial charge in [0.2, 0.25) is 5.91 Å². The maximum atomic E-state index is 11.9. The molecule has 2 rings (SSSR count). The molecule has 0 bridgehead atoms. The number of nitrogens with one attached hydrogen (secondary N) is 2. The average Bonchev–Trinajstić information content (AvgIpc) is 2.49. The number of morpholine rings is 1. The van der Waals surface area contributed by atoms with E-state index in [0.29, 0.717) is 19.6 Å². The Hall–Kier alpha value is -1.59. The van der Waals surface area contributed by atoms with Gasteiger partial charge in [0.15, 0.2) is 0 Å². The van der Waals surface area contributed by atoms with Gasteiger partial charge in [0.05, 0.1) is 19.8 Å². The molecule has 0 saturated carbocycles. The van der Waals surface area contributed by atoms with E-state index < -0.39 is 0 Å². The second-order valence-corrected chi connectivity index (χ2v) is 5.43. The van der Waals surface area contributed by atoms with Crippen LogP contribution < -0.4 is 15.4 Å². The summed E-state index contributed by atoms with van der Waals surface area (Å²) in [5, 5.41) is 6.18. The molecular weight excluding hydrogens is 268 g/mol. The molecule has 1 aromatic rings. The molecule has 2 atom stereocenters. The van der Waals surface area contributed by atoms with E-state index in [2.05, 4.69) is 10.6 Å². The van der Waals surface area contributed by atoms with Gasteiger partial charge < -0.3 is 20.1 Å². The van der Waals surface area contributed by atoms with Gasteiger partial charge in [0.25, 0.3) is 0 Å². The van der Waals surface area contributed by atoms with Crippen LogP contribution >= 0.6 is 0 Å². The fourth-order valence-corrected chi connectivity index (χ4v) is 2.25. The van der Waals surface area contributed by atoms with Crippen molar-refractivity contribution in [1.29, 1.82) is 0 Å². The third-order valence-corrected chi connectivity index (χ3v) is 3.44. The van der Waals surface area contributed by atoms with E-state index in [1.807, 2.05) is 38.1 Å². The molecule has 1 fully saturated rings. The largest absolute Gasteiger partial charge is 0.489 e. The zero-order valence-corrected chi connectivity index (χ0v) is 12.7. The number of rotatable bonds is 6. The van der Waals surface area contributed by atoms with Gasteiger partial charge in [-0.15, -0.1) is 0 Å². The monoisotopic (exact) mass is 292 g/mol. The third-order valence-electron chi connectivity index (χ3n) is 3.44. The molecule has 1 amide bonds. The van der Waals surface area contributed by atoms with Gasteiger partial charge in [-0.1, -0.05) is 18.2 Å². The predicted octanol–water partition coefficient (Wildman–Crippen LogP) is 1.26. The summed E-state index contributed by atoms with van der Waals surface area (Å²) >= 11 is 0. The van der Waals surface area contributed by atoms with Gasteiger partial charge >= 0.3 is 0 Å². The van der Waals surface area contributed by atoms with Crippen molar-refractivity contribution in [2.24, 2.45) is 0 Å². The summed E-state index contributed by atoms with van der Waals surface area (Å²) in [5.41, 5.74) is 1.10. The van der Waals surface area contributed by atoms with Crippen LogP contribution in [-0.2, 0) is 9.53 Å². The minimum atomic E-state index is -0.0642. The van der Waals surface area contributed by atoms with Gasteiger partial charge in [-0.05, 0) is 25.5 Å². The van der Waals surface area contributed by atoms with Crippen LogP contribution in [0.25, 0.3) is 0 Å². The van der Waals surface area contributed by atoms with Crippen LogP contribution in [-0.4, -0.2) is 44.4 Å². The number of aryl methyl sites for hydroxylation is 1. The number of hydrogen-bond acceptors (Lipinski definition) is 4. The van der Waals surface area contributed by atoms with Crippen LogP contribution in [0.2, 0.25) is 0 Å². The Morgan fingerprint density at radius 3 is 3.05 bits per heavy atom. The summed E-state index contributed by atoms with van der Waals surface area (Å²) in [4.78, 5) is 11.9. The number of ether oxygens (including phenoxy) is 2. The standard InChI is InChI=1S/C16H24N2O3/c1-12-5-3-4-6-15(12)21-13(2)10-18-16(19)9-14-11-20-8-7-17-14/h3-6,13-14,17H,7-11H2,1-2H3,(H,18,19). The van der Waals surface area contributed by atoms with Gasteiger partial charge in [-0.2, -0.15) is 0 Å². The van der Waals surface area contributed by atoms with Crippen LogP contribution in [0.15, 0.2) is 24.3 Å². The fraction of sp³-hybridized carbons (Fsp3) is 0.562. The first-order chi connectivity index (χ1) is 10.1. The predicted molar refractivity (Wildman–Crippen MR) is 81.5 cm³/mol. The van der Waals surface area contributed by atoms with Gasteiger partial charge in [0.1, 0.15) is 11.9 Å². The first kappa shape index (κ1) is 15.8. The van der Waals surface area contributed by atoms with E-state index in [4.69, 9.17) is 9.47 Å². The zero-order chi connectivity index (χ0) is 15.1. The van der Waals surface area contributed by atoms with E-state index in [1.165, 1.54) is 0 Å². The molecule has 21 heavy (non-hydrogen) atoms. The summed E-state index contributed by atoms with van der Waals surface area (Å²) in [6, 6.07) is 7.99. The maximum absolute atomic E-state index is 11.9. The summed E-state index contributed by atoms with van der Waals surface area (Å²) < 4.78 is 11.2. The molecule has 116 valence electrons. The molecule has 0 radical (unpaired) electrons. The number of hydrogen-bond donors (Lipinski definition) is 2. The van der Waals surface area contributed by atoms with Gasteiger partial charge in [-0.3, -0.25) is 4.79 Å². The molecule has 0 spiro atoms. The lowest BCUT2D eigenvalue weighted by molar-refractivity contribution is -0.122. The van der Waals surface area contributed by atoms with Crippen molar-refractivity contribution in [3.05, 3.63) is 29.8 Å². The molecule has 2 N–H and O–H groups in total. The highest BCUT2D eigenvalue weighted by Gasteiger charge is 2.17. The van der Waals surface area contributed by atoms with E-state index in [1.54, 1.807) is 0 Å². The van der Waals surface area contributed by atoms with E-state index in [-0.39, 0.29) is 18.1 Å². The number of benzene rings is 1. The van der Waals surface area contributed by atoms with E-state index >= 15 is 0 Å².